The third-order valence-corrected chi connectivity index (χ3v) is 2.56. The summed E-state index contributed by atoms with van der Waals surface area (Å²) in [4.78, 5) is 22.5. The molecule has 0 atom stereocenters. The Kier molecular flexibility index (Phi) is 7.01. The lowest BCUT2D eigenvalue weighted by molar-refractivity contribution is -0.139. The van der Waals surface area contributed by atoms with Crippen molar-refractivity contribution in [3.63, 3.8) is 0 Å². The molecule has 0 bridgehead atoms. The molecule has 5 nitrogen and oxygen atoms in total. The zero-order chi connectivity index (χ0) is 15.7. The Balaban J connectivity index is 2.10. The predicted octanol–water partition coefficient (Wildman–Crippen LogP) is 3.41. The van der Waals surface area contributed by atoms with Gasteiger partial charge >= 0.3 is 12.1 Å². The van der Waals surface area contributed by atoms with Crippen LogP contribution in [-0.4, -0.2) is 25.3 Å². The van der Waals surface area contributed by atoms with Gasteiger partial charge in [0, 0.05) is 5.57 Å². The molecule has 5 heteroatoms. The zero-order valence-electron chi connectivity index (χ0n) is 12.4. The van der Waals surface area contributed by atoms with E-state index in [1.807, 2.05) is 19.1 Å². The van der Waals surface area contributed by atoms with Crippen LogP contribution < -0.4 is 4.74 Å². The second-order valence-corrected chi connectivity index (χ2v) is 4.64. The highest BCUT2D eigenvalue weighted by molar-refractivity contribution is 5.86. The first kappa shape index (κ1) is 16.8. The van der Waals surface area contributed by atoms with Gasteiger partial charge in [0.1, 0.15) is 5.75 Å². The maximum atomic E-state index is 11.4. The number of hydrogen-bond donors (Lipinski definition) is 0. The van der Waals surface area contributed by atoms with E-state index in [1.54, 1.807) is 19.1 Å². The minimum Gasteiger partial charge on any atom is -0.462 e. The fourth-order valence-electron chi connectivity index (χ4n) is 1.38. The first-order valence-corrected chi connectivity index (χ1v) is 6.73. The Morgan fingerprint density at radius 1 is 1.05 bits per heavy atom. The SMILES string of the molecule is C=C(C)C(=O)OCCCCOC(=O)Oc1ccc(C)cc1. The van der Waals surface area contributed by atoms with Crippen molar-refractivity contribution in [2.45, 2.75) is 26.7 Å². The first-order valence-electron chi connectivity index (χ1n) is 6.73. The molecule has 0 aliphatic carbocycles. The van der Waals surface area contributed by atoms with E-state index >= 15 is 0 Å². The van der Waals surface area contributed by atoms with Crippen LogP contribution in [-0.2, 0) is 14.3 Å². The van der Waals surface area contributed by atoms with Crippen LogP contribution in [0.15, 0.2) is 36.4 Å². The molecule has 114 valence electrons. The van der Waals surface area contributed by atoms with Gasteiger partial charge in [0.05, 0.1) is 13.2 Å². The molecule has 0 aliphatic rings. The second-order valence-electron chi connectivity index (χ2n) is 4.64. The average molecular weight is 292 g/mol. The predicted molar refractivity (Wildman–Crippen MR) is 78.2 cm³/mol. The summed E-state index contributed by atoms with van der Waals surface area (Å²) < 4.78 is 14.8. The number of aryl methyl sites for hydroxylation is 1. The molecule has 0 N–H and O–H groups in total. The monoisotopic (exact) mass is 292 g/mol. The van der Waals surface area contributed by atoms with Crippen molar-refractivity contribution >= 4 is 12.1 Å². The summed E-state index contributed by atoms with van der Waals surface area (Å²) in [6, 6.07) is 7.10. The van der Waals surface area contributed by atoms with E-state index in [0.29, 0.717) is 24.2 Å². The molecule has 0 heterocycles. The van der Waals surface area contributed by atoms with E-state index in [-0.39, 0.29) is 13.2 Å². The lowest BCUT2D eigenvalue weighted by Gasteiger charge is -2.06. The summed E-state index contributed by atoms with van der Waals surface area (Å²) in [5.41, 5.74) is 1.45. The first-order chi connectivity index (χ1) is 9.99. The maximum absolute atomic E-state index is 11.4. The molecule has 1 rings (SSSR count). The summed E-state index contributed by atoms with van der Waals surface area (Å²) >= 11 is 0. The molecule has 1 aromatic carbocycles. The third kappa shape index (κ3) is 7.15. The fraction of sp³-hybridized carbons (Fsp3) is 0.375. The maximum Gasteiger partial charge on any atom is 0.513 e. The highest BCUT2D eigenvalue weighted by atomic mass is 16.7. The van der Waals surface area contributed by atoms with Crippen LogP contribution in [0.1, 0.15) is 25.3 Å². The Bertz CT molecular complexity index is 490. The molecule has 0 fully saturated rings. The second kappa shape index (κ2) is 8.79. The summed E-state index contributed by atoms with van der Waals surface area (Å²) in [6.07, 6.45) is 0.460. The molecule has 0 spiro atoms. The van der Waals surface area contributed by atoms with Gasteiger partial charge in [-0.05, 0) is 38.8 Å². The van der Waals surface area contributed by atoms with Crippen molar-refractivity contribution in [2.24, 2.45) is 0 Å². The minimum atomic E-state index is -0.738. The largest absolute Gasteiger partial charge is 0.513 e. The number of rotatable bonds is 7. The van der Waals surface area contributed by atoms with Gasteiger partial charge in [-0.2, -0.15) is 0 Å². The van der Waals surface area contributed by atoms with Gasteiger partial charge in [-0.25, -0.2) is 9.59 Å². The lowest BCUT2D eigenvalue weighted by Crippen LogP contribution is -2.12. The number of carbonyl (C=O) groups excluding carboxylic acids is 2. The molecule has 0 saturated heterocycles. The number of hydrogen-bond acceptors (Lipinski definition) is 5. The quantitative estimate of drug-likeness (QED) is 0.333. The normalized spacial score (nSPS) is 9.81. The summed E-state index contributed by atoms with van der Waals surface area (Å²) in [5.74, 6) is 0.0377. The highest BCUT2D eigenvalue weighted by Crippen LogP contribution is 2.12. The Hall–Kier alpha value is -2.30. The van der Waals surface area contributed by atoms with Crippen molar-refractivity contribution in [3.05, 3.63) is 42.0 Å². The van der Waals surface area contributed by atoms with Gasteiger partial charge in [-0.3, -0.25) is 0 Å². The standard InChI is InChI=1S/C16H20O5/c1-12(2)15(17)19-10-4-5-11-20-16(18)21-14-8-6-13(3)7-9-14/h6-9H,1,4-5,10-11H2,2-3H3. The average Bonchev–Trinajstić information content (AvgIpc) is 2.44. The van der Waals surface area contributed by atoms with Crippen molar-refractivity contribution in [1.82, 2.24) is 0 Å². The van der Waals surface area contributed by atoms with Crippen molar-refractivity contribution in [2.75, 3.05) is 13.2 Å². The van der Waals surface area contributed by atoms with Crippen molar-refractivity contribution < 1.29 is 23.8 Å². The number of ether oxygens (including phenoxy) is 3. The van der Waals surface area contributed by atoms with Crippen LogP contribution in [0, 0.1) is 6.92 Å². The number of esters is 1. The van der Waals surface area contributed by atoms with E-state index in [1.165, 1.54) is 0 Å². The van der Waals surface area contributed by atoms with Crippen molar-refractivity contribution in [1.29, 1.82) is 0 Å². The lowest BCUT2D eigenvalue weighted by atomic mass is 10.2. The van der Waals surface area contributed by atoms with Gasteiger partial charge in [0.2, 0.25) is 0 Å². The smallest absolute Gasteiger partial charge is 0.462 e. The third-order valence-electron chi connectivity index (χ3n) is 2.56. The molecule has 0 radical (unpaired) electrons. The van der Waals surface area contributed by atoms with Gasteiger partial charge in [-0.1, -0.05) is 24.3 Å². The Morgan fingerprint density at radius 2 is 1.62 bits per heavy atom. The number of unbranched alkanes of at least 4 members (excludes halogenated alkanes) is 1. The molecule has 21 heavy (non-hydrogen) atoms. The van der Waals surface area contributed by atoms with E-state index in [0.717, 1.165) is 5.56 Å². The molecule has 0 saturated carbocycles. The Morgan fingerprint density at radius 3 is 2.19 bits per heavy atom. The zero-order valence-corrected chi connectivity index (χ0v) is 12.4. The molecule has 1 aromatic rings. The van der Waals surface area contributed by atoms with E-state index in [4.69, 9.17) is 14.2 Å². The molecular weight excluding hydrogens is 272 g/mol. The molecular formula is C16H20O5. The number of carbonyl (C=O) groups is 2. The summed E-state index contributed by atoms with van der Waals surface area (Å²) in [5, 5.41) is 0. The van der Waals surface area contributed by atoms with Crippen molar-refractivity contribution in [3.8, 4) is 5.75 Å². The highest BCUT2D eigenvalue weighted by Gasteiger charge is 2.06. The Labute approximate surface area is 124 Å². The summed E-state index contributed by atoms with van der Waals surface area (Å²) in [6.45, 7) is 7.51. The van der Waals surface area contributed by atoms with Gasteiger partial charge in [0.15, 0.2) is 0 Å². The van der Waals surface area contributed by atoms with Gasteiger partial charge in [-0.15, -0.1) is 0 Å². The molecule has 0 unspecified atom stereocenters. The van der Waals surface area contributed by atoms with Crippen LogP contribution in [0.5, 0.6) is 5.75 Å². The van der Waals surface area contributed by atoms with E-state index in [9.17, 15) is 9.59 Å². The molecule has 0 aliphatic heterocycles. The topological polar surface area (TPSA) is 61.8 Å². The minimum absolute atomic E-state index is 0.218. The summed E-state index contributed by atoms with van der Waals surface area (Å²) in [7, 11) is 0. The van der Waals surface area contributed by atoms with Crippen LogP contribution in [0.4, 0.5) is 4.79 Å². The van der Waals surface area contributed by atoms with Gasteiger partial charge < -0.3 is 14.2 Å². The van der Waals surface area contributed by atoms with Crippen LogP contribution >= 0.6 is 0 Å². The van der Waals surface area contributed by atoms with E-state index in [2.05, 4.69) is 6.58 Å². The number of benzene rings is 1. The van der Waals surface area contributed by atoms with Crippen LogP contribution in [0.25, 0.3) is 0 Å². The van der Waals surface area contributed by atoms with E-state index < -0.39 is 12.1 Å². The molecule has 0 aromatic heterocycles. The molecule has 0 amide bonds. The van der Waals surface area contributed by atoms with Gasteiger partial charge in [0.25, 0.3) is 0 Å². The van der Waals surface area contributed by atoms with Crippen LogP contribution in [0.3, 0.4) is 0 Å². The fourth-order valence-corrected chi connectivity index (χ4v) is 1.38. The van der Waals surface area contributed by atoms with Crippen LogP contribution in [0.2, 0.25) is 0 Å².